The third-order valence-electron chi connectivity index (χ3n) is 1.63. The van der Waals surface area contributed by atoms with Crippen LogP contribution in [-0.4, -0.2) is 15.4 Å². The third kappa shape index (κ3) is 1.94. The van der Waals surface area contributed by atoms with Crippen molar-refractivity contribution in [3.05, 3.63) is 41.4 Å². The Hall–Kier alpha value is -1.75. The van der Waals surface area contributed by atoms with Gasteiger partial charge in [0, 0.05) is 5.38 Å². The lowest BCUT2D eigenvalue weighted by Crippen LogP contribution is -2.13. The van der Waals surface area contributed by atoms with Crippen LogP contribution in [0.2, 0.25) is 0 Å². The van der Waals surface area contributed by atoms with Crippen LogP contribution in [-0.2, 0) is 0 Å². The van der Waals surface area contributed by atoms with Crippen molar-refractivity contribution in [1.29, 1.82) is 0 Å². The van der Waals surface area contributed by atoms with Gasteiger partial charge in [-0.2, -0.15) is 0 Å². The zero-order valence-electron chi connectivity index (χ0n) is 7.29. The van der Waals surface area contributed by atoms with Crippen LogP contribution in [0.25, 0.3) is 0 Å². The normalized spacial score (nSPS) is 11.6. The van der Waals surface area contributed by atoms with Crippen LogP contribution in [0, 0.1) is 0 Å². The molecule has 5 heteroatoms. The number of aliphatic imine (C=N–C) groups is 1. The molecule has 2 rings (SSSR count). The standard InChI is InChI=1S/C9H8N4S/c10-9(8-6-14-13-12-8)11-7-4-2-1-3-5-7/h1-6H,(H2,10,11). The summed E-state index contributed by atoms with van der Waals surface area (Å²) >= 11 is 1.26. The fourth-order valence-corrected chi connectivity index (χ4v) is 1.43. The third-order valence-corrected chi connectivity index (χ3v) is 2.13. The molecule has 0 spiro atoms. The molecule has 2 N–H and O–H groups in total. The number of rotatable bonds is 2. The summed E-state index contributed by atoms with van der Waals surface area (Å²) in [5.74, 6) is 0.393. The van der Waals surface area contributed by atoms with Crippen LogP contribution >= 0.6 is 11.5 Å². The molecular formula is C9H8N4S. The summed E-state index contributed by atoms with van der Waals surface area (Å²) in [5.41, 5.74) is 7.17. The maximum atomic E-state index is 5.73. The SMILES string of the molecule is NC(=Nc1ccccc1)c1csnn1. The van der Waals surface area contributed by atoms with Gasteiger partial charge in [0.25, 0.3) is 0 Å². The largest absolute Gasteiger partial charge is 0.382 e. The molecule has 4 nitrogen and oxygen atoms in total. The van der Waals surface area contributed by atoms with E-state index in [1.54, 1.807) is 5.38 Å². The second kappa shape index (κ2) is 3.97. The molecule has 0 atom stereocenters. The van der Waals surface area contributed by atoms with Crippen LogP contribution in [0.5, 0.6) is 0 Å². The van der Waals surface area contributed by atoms with Crippen molar-refractivity contribution in [1.82, 2.24) is 9.59 Å². The lowest BCUT2D eigenvalue weighted by atomic mass is 10.3. The number of hydrogen-bond acceptors (Lipinski definition) is 4. The van der Waals surface area contributed by atoms with E-state index < -0.39 is 0 Å². The molecule has 1 aromatic heterocycles. The Morgan fingerprint density at radius 1 is 1.29 bits per heavy atom. The molecule has 0 aliphatic heterocycles. The monoisotopic (exact) mass is 204 g/mol. The molecule has 0 aliphatic rings. The highest BCUT2D eigenvalue weighted by Gasteiger charge is 2.00. The van der Waals surface area contributed by atoms with Gasteiger partial charge in [-0.25, -0.2) is 4.99 Å². The lowest BCUT2D eigenvalue weighted by Gasteiger charge is -1.95. The number of para-hydroxylation sites is 1. The molecule has 14 heavy (non-hydrogen) atoms. The smallest absolute Gasteiger partial charge is 0.152 e. The summed E-state index contributed by atoms with van der Waals surface area (Å²) in [6.45, 7) is 0. The van der Waals surface area contributed by atoms with Crippen molar-refractivity contribution >= 4 is 23.1 Å². The first kappa shape index (κ1) is 8.83. The topological polar surface area (TPSA) is 64.2 Å². The molecule has 0 radical (unpaired) electrons. The molecule has 1 heterocycles. The molecule has 70 valence electrons. The summed E-state index contributed by atoms with van der Waals surface area (Å²) in [7, 11) is 0. The molecule has 0 saturated heterocycles. The minimum absolute atomic E-state index is 0.393. The van der Waals surface area contributed by atoms with E-state index in [1.165, 1.54) is 11.5 Å². The Morgan fingerprint density at radius 3 is 2.71 bits per heavy atom. The highest BCUT2D eigenvalue weighted by molar-refractivity contribution is 7.03. The van der Waals surface area contributed by atoms with Crippen molar-refractivity contribution in [2.45, 2.75) is 0 Å². The number of benzene rings is 1. The van der Waals surface area contributed by atoms with E-state index in [-0.39, 0.29) is 0 Å². The van der Waals surface area contributed by atoms with Crippen LogP contribution in [0.3, 0.4) is 0 Å². The maximum absolute atomic E-state index is 5.73. The summed E-state index contributed by atoms with van der Waals surface area (Å²) in [5, 5.41) is 5.59. The van der Waals surface area contributed by atoms with Gasteiger partial charge in [-0.3, -0.25) is 0 Å². The van der Waals surface area contributed by atoms with Gasteiger partial charge in [0.15, 0.2) is 5.84 Å². The Kier molecular flexibility index (Phi) is 2.51. The van der Waals surface area contributed by atoms with E-state index in [2.05, 4.69) is 14.6 Å². The second-order valence-electron chi connectivity index (χ2n) is 2.62. The van der Waals surface area contributed by atoms with Crippen molar-refractivity contribution in [2.75, 3.05) is 0 Å². The minimum atomic E-state index is 0.393. The molecule has 0 unspecified atom stereocenters. The maximum Gasteiger partial charge on any atom is 0.152 e. The number of aromatic nitrogens is 2. The second-order valence-corrected chi connectivity index (χ2v) is 3.23. The molecule has 2 aromatic rings. The van der Waals surface area contributed by atoms with E-state index in [0.717, 1.165) is 5.69 Å². The zero-order chi connectivity index (χ0) is 9.80. The fourth-order valence-electron chi connectivity index (χ4n) is 0.975. The number of nitrogens with two attached hydrogens (primary N) is 1. The van der Waals surface area contributed by atoms with E-state index in [1.807, 2.05) is 30.3 Å². The Bertz CT molecular complexity index is 421. The average Bonchev–Trinajstić information content (AvgIpc) is 2.72. The van der Waals surface area contributed by atoms with Crippen molar-refractivity contribution in [3.8, 4) is 0 Å². The predicted molar refractivity (Wildman–Crippen MR) is 56.7 cm³/mol. The lowest BCUT2D eigenvalue weighted by molar-refractivity contribution is 1.13. The average molecular weight is 204 g/mol. The van der Waals surface area contributed by atoms with E-state index in [9.17, 15) is 0 Å². The molecule has 0 amide bonds. The van der Waals surface area contributed by atoms with Crippen molar-refractivity contribution in [2.24, 2.45) is 10.7 Å². The van der Waals surface area contributed by atoms with Gasteiger partial charge in [0.05, 0.1) is 5.69 Å². The number of hydrogen-bond donors (Lipinski definition) is 1. The van der Waals surface area contributed by atoms with Crippen LogP contribution in [0.15, 0.2) is 40.7 Å². The molecular weight excluding hydrogens is 196 g/mol. The Balaban J connectivity index is 2.28. The summed E-state index contributed by atoms with van der Waals surface area (Å²) in [6, 6.07) is 9.51. The quantitative estimate of drug-likeness (QED) is 0.596. The number of amidine groups is 1. The molecule has 1 aromatic carbocycles. The molecule has 0 aliphatic carbocycles. The summed E-state index contributed by atoms with van der Waals surface area (Å²) < 4.78 is 3.72. The van der Waals surface area contributed by atoms with Gasteiger partial charge in [-0.1, -0.05) is 22.7 Å². The molecule has 0 saturated carbocycles. The summed E-state index contributed by atoms with van der Waals surface area (Å²) in [6.07, 6.45) is 0. The Morgan fingerprint density at radius 2 is 2.07 bits per heavy atom. The minimum Gasteiger partial charge on any atom is -0.382 e. The predicted octanol–water partition coefficient (Wildman–Crippen LogP) is 1.58. The fraction of sp³-hybridized carbons (Fsp3) is 0. The molecule has 0 fully saturated rings. The van der Waals surface area contributed by atoms with E-state index in [0.29, 0.717) is 11.5 Å². The summed E-state index contributed by atoms with van der Waals surface area (Å²) in [4.78, 5) is 4.20. The van der Waals surface area contributed by atoms with Gasteiger partial charge in [-0.05, 0) is 23.7 Å². The highest BCUT2D eigenvalue weighted by Crippen LogP contribution is 2.10. The van der Waals surface area contributed by atoms with Crippen molar-refractivity contribution < 1.29 is 0 Å². The Labute approximate surface area is 85.3 Å². The first-order valence-corrected chi connectivity index (χ1v) is 4.86. The van der Waals surface area contributed by atoms with Gasteiger partial charge in [-0.15, -0.1) is 5.10 Å². The van der Waals surface area contributed by atoms with Gasteiger partial charge in [0.2, 0.25) is 0 Å². The zero-order valence-corrected chi connectivity index (χ0v) is 8.11. The first-order chi connectivity index (χ1) is 6.86. The van der Waals surface area contributed by atoms with E-state index in [4.69, 9.17) is 5.73 Å². The van der Waals surface area contributed by atoms with Gasteiger partial charge < -0.3 is 5.73 Å². The number of nitrogens with zero attached hydrogens (tertiary/aromatic N) is 3. The first-order valence-electron chi connectivity index (χ1n) is 4.03. The molecule has 0 bridgehead atoms. The highest BCUT2D eigenvalue weighted by atomic mass is 32.1. The van der Waals surface area contributed by atoms with Gasteiger partial charge in [0.1, 0.15) is 5.69 Å². The van der Waals surface area contributed by atoms with Crippen LogP contribution < -0.4 is 5.73 Å². The van der Waals surface area contributed by atoms with Crippen molar-refractivity contribution in [3.63, 3.8) is 0 Å². The van der Waals surface area contributed by atoms with Gasteiger partial charge >= 0.3 is 0 Å². The van der Waals surface area contributed by atoms with Crippen LogP contribution in [0.4, 0.5) is 5.69 Å². The van der Waals surface area contributed by atoms with Crippen LogP contribution in [0.1, 0.15) is 5.69 Å². The van der Waals surface area contributed by atoms with E-state index >= 15 is 0 Å².